The Kier molecular flexibility index (Phi) is 4.65. The second kappa shape index (κ2) is 6.65. The van der Waals surface area contributed by atoms with Crippen molar-refractivity contribution in [3.05, 3.63) is 47.7 Å². The minimum absolute atomic E-state index is 0.187. The van der Waals surface area contributed by atoms with E-state index in [1.165, 1.54) is 0 Å². The Balaban J connectivity index is 2.21. The van der Waals surface area contributed by atoms with Gasteiger partial charge in [0.05, 0.1) is 5.56 Å². The Morgan fingerprint density at radius 3 is 2.85 bits per heavy atom. The van der Waals surface area contributed by atoms with Crippen LogP contribution in [-0.4, -0.2) is 22.6 Å². The van der Waals surface area contributed by atoms with E-state index < -0.39 is 0 Å². The molecule has 2 aromatic rings. The summed E-state index contributed by atoms with van der Waals surface area (Å²) in [5.41, 5.74) is 2.49. The summed E-state index contributed by atoms with van der Waals surface area (Å²) >= 11 is 0. The SMILES string of the molecule is CCCNc1ccc(C)cc1C(=O)Nc1cccnn1. The zero-order valence-electron chi connectivity index (χ0n) is 11.7. The number of nitrogens with one attached hydrogen (secondary N) is 2. The maximum Gasteiger partial charge on any atom is 0.258 e. The number of anilines is 2. The molecular formula is C15H18N4O. The van der Waals surface area contributed by atoms with Crippen LogP contribution in [0.4, 0.5) is 11.5 Å². The first kappa shape index (κ1) is 14.0. The van der Waals surface area contributed by atoms with E-state index in [1.54, 1.807) is 18.3 Å². The van der Waals surface area contributed by atoms with E-state index in [2.05, 4.69) is 27.8 Å². The largest absolute Gasteiger partial charge is 0.384 e. The van der Waals surface area contributed by atoms with Crippen molar-refractivity contribution in [3.63, 3.8) is 0 Å². The smallest absolute Gasteiger partial charge is 0.258 e. The zero-order chi connectivity index (χ0) is 14.4. The molecule has 0 saturated heterocycles. The van der Waals surface area contributed by atoms with Crippen LogP contribution in [-0.2, 0) is 0 Å². The maximum absolute atomic E-state index is 12.3. The second-order valence-electron chi connectivity index (χ2n) is 4.54. The van der Waals surface area contributed by atoms with Crippen molar-refractivity contribution in [2.75, 3.05) is 17.2 Å². The van der Waals surface area contributed by atoms with Gasteiger partial charge in [-0.1, -0.05) is 18.6 Å². The highest BCUT2D eigenvalue weighted by molar-refractivity contribution is 6.07. The molecule has 1 aromatic heterocycles. The molecule has 104 valence electrons. The normalized spacial score (nSPS) is 10.1. The fraction of sp³-hybridized carbons (Fsp3) is 0.267. The molecule has 0 atom stereocenters. The summed E-state index contributed by atoms with van der Waals surface area (Å²) in [7, 11) is 0. The third-order valence-corrected chi connectivity index (χ3v) is 2.80. The molecular weight excluding hydrogens is 252 g/mol. The summed E-state index contributed by atoms with van der Waals surface area (Å²) in [6.07, 6.45) is 2.57. The predicted octanol–water partition coefficient (Wildman–Crippen LogP) is 2.86. The minimum atomic E-state index is -0.187. The first-order valence-electron chi connectivity index (χ1n) is 6.64. The lowest BCUT2D eigenvalue weighted by molar-refractivity contribution is 0.102. The van der Waals surface area contributed by atoms with Gasteiger partial charge in [-0.25, -0.2) is 0 Å². The highest BCUT2D eigenvalue weighted by Crippen LogP contribution is 2.18. The number of carbonyl (C=O) groups excluding carboxylic acids is 1. The van der Waals surface area contributed by atoms with E-state index in [0.717, 1.165) is 24.2 Å². The minimum Gasteiger partial charge on any atom is -0.384 e. The van der Waals surface area contributed by atoms with Gasteiger partial charge in [0, 0.05) is 18.4 Å². The summed E-state index contributed by atoms with van der Waals surface area (Å²) in [5, 5.41) is 13.6. The maximum atomic E-state index is 12.3. The topological polar surface area (TPSA) is 66.9 Å². The number of rotatable bonds is 5. The van der Waals surface area contributed by atoms with Crippen LogP contribution in [0.25, 0.3) is 0 Å². The quantitative estimate of drug-likeness (QED) is 0.876. The summed E-state index contributed by atoms with van der Waals surface area (Å²) in [6.45, 7) is 4.87. The fourth-order valence-electron chi connectivity index (χ4n) is 1.81. The first-order valence-corrected chi connectivity index (χ1v) is 6.64. The molecule has 0 fully saturated rings. The molecule has 0 bridgehead atoms. The first-order chi connectivity index (χ1) is 9.70. The highest BCUT2D eigenvalue weighted by atomic mass is 16.1. The van der Waals surface area contributed by atoms with Crippen LogP contribution in [0.2, 0.25) is 0 Å². The molecule has 1 amide bonds. The molecule has 5 nitrogen and oxygen atoms in total. The highest BCUT2D eigenvalue weighted by Gasteiger charge is 2.12. The molecule has 0 aliphatic rings. The van der Waals surface area contributed by atoms with E-state index in [-0.39, 0.29) is 5.91 Å². The van der Waals surface area contributed by atoms with Crippen molar-refractivity contribution < 1.29 is 4.79 Å². The van der Waals surface area contributed by atoms with Crippen LogP contribution in [0.15, 0.2) is 36.5 Å². The fourth-order valence-corrected chi connectivity index (χ4v) is 1.81. The molecule has 5 heteroatoms. The lowest BCUT2D eigenvalue weighted by atomic mass is 10.1. The molecule has 20 heavy (non-hydrogen) atoms. The van der Waals surface area contributed by atoms with Gasteiger partial charge in [-0.3, -0.25) is 4.79 Å². The van der Waals surface area contributed by atoms with Gasteiger partial charge >= 0.3 is 0 Å². The molecule has 0 aliphatic carbocycles. The van der Waals surface area contributed by atoms with Gasteiger partial charge in [-0.2, -0.15) is 5.10 Å². The number of carbonyl (C=O) groups is 1. The number of aryl methyl sites for hydroxylation is 1. The van der Waals surface area contributed by atoms with Crippen molar-refractivity contribution in [3.8, 4) is 0 Å². The van der Waals surface area contributed by atoms with E-state index in [9.17, 15) is 4.79 Å². The molecule has 0 saturated carbocycles. The van der Waals surface area contributed by atoms with Crippen LogP contribution in [0.5, 0.6) is 0 Å². The monoisotopic (exact) mass is 270 g/mol. The standard InChI is InChI=1S/C15H18N4O/c1-3-8-16-13-7-6-11(2)10-12(13)15(20)18-14-5-4-9-17-19-14/h4-7,9-10,16H,3,8H2,1-2H3,(H,18,19,20). The molecule has 0 radical (unpaired) electrons. The van der Waals surface area contributed by atoms with E-state index in [0.29, 0.717) is 11.4 Å². The molecule has 1 heterocycles. The predicted molar refractivity (Wildman–Crippen MR) is 79.9 cm³/mol. The van der Waals surface area contributed by atoms with Crippen molar-refractivity contribution in [2.24, 2.45) is 0 Å². The van der Waals surface area contributed by atoms with Gasteiger partial charge in [0.15, 0.2) is 5.82 Å². The van der Waals surface area contributed by atoms with E-state index >= 15 is 0 Å². The van der Waals surface area contributed by atoms with E-state index in [1.807, 2.05) is 25.1 Å². The summed E-state index contributed by atoms with van der Waals surface area (Å²) < 4.78 is 0. The van der Waals surface area contributed by atoms with Crippen LogP contribution in [0.3, 0.4) is 0 Å². The third-order valence-electron chi connectivity index (χ3n) is 2.80. The number of amides is 1. The number of benzene rings is 1. The van der Waals surface area contributed by atoms with Gasteiger partial charge < -0.3 is 10.6 Å². The molecule has 1 aromatic carbocycles. The second-order valence-corrected chi connectivity index (χ2v) is 4.54. The van der Waals surface area contributed by atoms with Gasteiger partial charge in [0.1, 0.15) is 0 Å². The van der Waals surface area contributed by atoms with Crippen LogP contribution >= 0.6 is 0 Å². The van der Waals surface area contributed by atoms with Gasteiger partial charge in [-0.15, -0.1) is 5.10 Å². The summed E-state index contributed by atoms with van der Waals surface area (Å²) in [4.78, 5) is 12.3. The number of hydrogen-bond acceptors (Lipinski definition) is 4. The summed E-state index contributed by atoms with van der Waals surface area (Å²) in [6, 6.07) is 9.21. The molecule has 0 unspecified atom stereocenters. The van der Waals surface area contributed by atoms with E-state index in [4.69, 9.17) is 0 Å². The zero-order valence-corrected chi connectivity index (χ0v) is 11.7. The van der Waals surface area contributed by atoms with Crippen LogP contribution < -0.4 is 10.6 Å². The Morgan fingerprint density at radius 2 is 2.15 bits per heavy atom. The van der Waals surface area contributed by atoms with Crippen molar-refractivity contribution in [2.45, 2.75) is 20.3 Å². The molecule has 2 N–H and O–H groups in total. The van der Waals surface area contributed by atoms with Crippen LogP contribution in [0, 0.1) is 6.92 Å². The average molecular weight is 270 g/mol. The van der Waals surface area contributed by atoms with Gasteiger partial charge in [-0.05, 0) is 37.6 Å². The van der Waals surface area contributed by atoms with Gasteiger partial charge in [0.2, 0.25) is 0 Å². The third kappa shape index (κ3) is 3.54. The van der Waals surface area contributed by atoms with Crippen LogP contribution in [0.1, 0.15) is 29.3 Å². The number of hydrogen-bond donors (Lipinski definition) is 2. The number of aromatic nitrogens is 2. The molecule has 0 spiro atoms. The lowest BCUT2D eigenvalue weighted by Gasteiger charge is -2.12. The Labute approximate surface area is 118 Å². The Bertz CT molecular complexity index is 584. The molecule has 0 aliphatic heterocycles. The van der Waals surface area contributed by atoms with Gasteiger partial charge in [0.25, 0.3) is 5.91 Å². The lowest BCUT2D eigenvalue weighted by Crippen LogP contribution is -2.16. The number of nitrogens with zero attached hydrogens (tertiary/aromatic N) is 2. The van der Waals surface area contributed by atoms with Crippen molar-refractivity contribution in [1.29, 1.82) is 0 Å². The van der Waals surface area contributed by atoms with Crippen molar-refractivity contribution in [1.82, 2.24) is 10.2 Å². The van der Waals surface area contributed by atoms with Crippen molar-refractivity contribution >= 4 is 17.4 Å². The summed E-state index contributed by atoms with van der Waals surface area (Å²) in [5.74, 6) is 0.258. The Morgan fingerprint density at radius 1 is 1.30 bits per heavy atom. The Hall–Kier alpha value is -2.43. The average Bonchev–Trinajstić information content (AvgIpc) is 2.47. The molecule has 2 rings (SSSR count).